The van der Waals surface area contributed by atoms with Crippen molar-refractivity contribution in [3.8, 4) is 5.69 Å². The molecule has 2 heterocycles. The molecule has 0 bridgehead atoms. The number of nitrogens with one attached hydrogen (secondary N) is 2. The number of nitrogens with zero attached hydrogens (tertiary/aromatic N) is 2. The van der Waals surface area contributed by atoms with E-state index in [0.717, 1.165) is 5.69 Å². The van der Waals surface area contributed by atoms with E-state index in [1.54, 1.807) is 30.9 Å². The Labute approximate surface area is 120 Å². The summed E-state index contributed by atoms with van der Waals surface area (Å²) in [6.45, 7) is -0.454. The number of hydrogen-bond donors (Lipinski definition) is 2. The summed E-state index contributed by atoms with van der Waals surface area (Å²) in [7, 11) is 0. The second-order valence-electron chi connectivity index (χ2n) is 5.00. The van der Waals surface area contributed by atoms with Gasteiger partial charge in [0.25, 0.3) is 5.92 Å². The third-order valence-corrected chi connectivity index (χ3v) is 3.36. The second-order valence-corrected chi connectivity index (χ2v) is 5.00. The van der Waals surface area contributed by atoms with E-state index in [0.29, 0.717) is 5.69 Å². The molecule has 1 aromatic carbocycles. The molecule has 1 atom stereocenters. The molecule has 1 aromatic heterocycles. The van der Waals surface area contributed by atoms with Gasteiger partial charge in [-0.1, -0.05) is 0 Å². The van der Waals surface area contributed by atoms with Crippen LogP contribution in [0.15, 0.2) is 43.0 Å². The van der Waals surface area contributed by atoms with Gasteiger partial charge in [0, 0.05) is 30.2 Å². The molecular formula is C14H14F2N4O. The van der Waals surface area contributed by atoms with Crippen molar-refractivity contribution in [2.75, 3.05) is 11.9 Å². The number of carbonyl (C=O) groups excluding carboxylic acids is 1. The van der Waals surface area contributed by atoms with E-state index in [4.69, 9.17) is 0 Å². The molecule has 1 aliphatic heterocycles. The number of imidazole rings is 1. The zero-order valence-electron chi connectivity index (χ0n) is 11.1. The van der Waals surface area contributed by atoms with Crippen LogP contribution in [-0.4, -0.2) is 34.0 Å². The maximum absolute atomic E-state index is 13.1. The summed E-state index contributed by atoms with van der Waals surface area (Å²) < 4.78 is 27.9. The van der Waals surface area contributed by atoms with E-state index in [1.165, 1.54) is 0 Å². The quantitative estimate of drug-likeness (QED) is 0.907. The van der Waals surface area contributed by atoms with Gasteiger partial charge in [-0.2, -0.15) is 0 Å². The molecule has 2 N–H and O–H groups in total. The van der Waals surface area contributed by atoms with Crippen LogP contribution in [0.5, 0.6) is 0 Å². The maximum atomic E-state index is 13.1. The van der Waals surface area contributed by atoms with Gasteiger partial charge in [-0.3, -0.25) is 10.1 Å². The number of aromatic nitrogens is 2. The van der Waals surface area contributed by atoms with Crippen LogP contribution in [0.25, 0.3) is 5.69 Å². The zero-order valence-corrected chi connectivity index (χ0v) is 11.1. The Bertz CT molecular complexity index is 625. The van der Waals surface area contributed by atoms with Crippen molar-refractivity contribution in [1.29, 1.82) is 0 Å². The lowest BCUT2D eigenvalue weighted by Crippen LogP contribution is -2.35. The second kappa shape index (κ2) is 5.25. The van der Waals surface area contributed by atoms with Gasteiger partial charge in [0.15, 0.2) is 0 Å². The van der Waals surface area contributed by atoms with Crippen LogP contribution in [0.1, 0.15) is 6.42 Å². The first-order valence-electron chi connectivity index (χ1n) is 6.54. The highest BCUT2D eigenvalue weighted by Crippen LogP contribution is 2.25. The van der Waals surface area contributed by atoms with Crippen molar-refractivity contribution in [3.63, 3.8) is 0 Å². The molecule has 1 aliphatic rings. The molecule has 0 spiro atoms. The Morgan fingerprint density at radius 2 is 2.14 bits per heavy atom. The van der Waals surface area contributed by atoms with Gasteiger partial charge in [-0.25, -0.2) is 13.8 Å². The Balaban J connectivity index is 1.64. The molecule has 1 fully saturated rings. The van der Waals surface area contributed by atoms with Crippen LogP contribution in [0, 0.1) is 0 Å². The molecule has 0 saturated carbocycles. The summed E-state index contributed by atoms with van der Waals surface area (Å²) >= 11 is 0. The van der Waals surface area contributed by atoms with Gasteiger partial charge in [0.1, 0.15) is 0 Å². The number of rotatable bonds is 3. The molecular weight excluding hydrogens is 278 g/mol. The van der Waals surface area contributed by atoms with Crippen LogP contribution in [0.3, 0.4) is 0 Å². The summed E-state index contributed by atoms with van der Waals surface area (Å²) in [5.41, 5.74) is 1.47. The van der Waals surface area contributed by atoms with Crippen molar-refractivity contribution in [1.82, 2.24) is 14.9 Å². The fraction of sp³-hybridized carbons (Fsp3) is 0.286. The van der Waals surface area contributed by atoms with E-state index >= 15 is 0 Å². The monoisotopic (exact) mass is 292 g/mol. The number of carbonyl (C=O) groups is 1. The maximum Gasteiger partial charge on any atom is 0.262 e. The van der Waals surface area contributed by atoms with E-state index in [9.17, 15) is 13.6 Å². The number of amides is 1. The highest BCUT2D eigenvalue weighted by atomic mass is 19.3. The lowest BCUT2D eigenvalue weighted by molar-refractivity contribution is -0.118. The summed E-state index contributed by atoms with van der Waals surface area (Å²) in [4.78, 5) is 15.8. The Morgan fingerprint density at radius 1 is 1.38 bits per heavy atom. The van der Waals surface area contributed by atoms with Gasteiger partial charge < -0.3 is 9.88 Å². The van der Waals surface area contributed by atoms with Crippen molar-refractivity contribution in [2.24, 2.45) is 0 Å². The van der Waals surface area contributed by atoms with Gasteiger partial charge in [0.05, 0.1) is 18.9 Å². The highest BCUT2D eigenvalue weighted by molar-refractivity contribution is 5.95. The predicted molar refractivity (Wildman–Crippen MR) is 73.5 cm³/mol. The molecule has 110 valence electrons. The normalized spacial score (nSPS) is 20.4. The van der Waals surface area contributed by atoms with E-state index in [1.807, 2.05) is 16.7 Å². The fourth-order valence-corrected chi connectivity index (χ4v) is 2.26. The molecule has 2 aromatic rings. The number of alkyl halides is 2. The average Bonchev–Trinajstić information content (AvgIpc) is 3.09. The zero-order chi connectivity index (χ0) is 14.9. The van der Waals surface area contributed by atoms with Crippen LogP contribution < -0.4 is 10.6 Å². The van der Waals surface area contributed by atoms with Gasteiger partial charge >= 0.3 is 0 Å². The first kappa shape index (κ1) is 13.7. The highest BCUT2D eigenvalue weighted by Gasteiger charge is 2.42. The lowest BCUT2D eigenvalue weighted by atomic mass is 10.2. The van der Waals surface area contributed by atoms with Crippen molar-refractivity contribution in [2.45, 2.75) is 18.4 Å². The minimum Gasteiger partial charge on any atom is -0.325 e. The average molecular weight is 292 g/mol. The molecule has 3 rings (SSSR count). The summed E-state index contributed by atoms with van der Waals surface area (Å²) in [5, 5.41) is 5.16. The molecule has 7 heteroatoms. The molecule has 5 nitrogen and oxygen atoms in total. The first-order chi connectivity index (χ1) is 10.0. The standard InChI is InChI=1S/C14H14F2N4O/c15-14(16)7-12(18-8-14)13(21)19-10-1-3-11(4-2-10)20-6-5-17-9-20/h1-6,9,12,18H,7-8H2,(H,19,21). The number of anilines is 1. The number of hydrogen-bond acceptors (Lipinski definition) is 3. The number of benzene rings is 1. The number of halogens is 2. The lowest BCUT2D eigenvalue weighted by Gasteiger charge is -2.11. The Morgan fingerprint density at radius 3 is 2.71 bits per heavy atom. The van der Waals surface area contributed by atoms with Crippen LogP contribution in [0.4, 0.5) is 14.5 Å². The van der Waals surface area contributed by atoms with Crippen LogP contribution in [-0.2, 0) is 4.79 Å². The molecule has 1 saturated heterocycles. The van der Waals surface area contributed by atoms with Crippen LogP contribution in [0.2, 0.25) is 0 Å². The largest absolute Gasteiger partial charge is 0.325 e. The minimum atomic E-state index is -2.81. The van der Waals surface area contributed by atoms with E-state index in [2.05, 4.69) is 15.6 Å². The molecule has 21 heavy (non-hydrogen) atoms. The molecule has 0 radical (unpaired) electrons. The Kier molecular flexibility index (Phi) is 3.42. The minimum absolute atomic E-state index is 0.442. The third kappa shape index (κ3) is 3.08. The van der Waals surface area contributed by atoms with E-state index in [-0.39, 0.29) is 0 Å². The van der Waals surface area contributed by atoms with Gasteiger partial charge in [-0.05, 0) is 24.3 Å². The summed E-state index contributed by atoms with van der Waals surface area (Å²) in [6.07, 6.45) is 4.67. The van der Waals surface area contributed by atoms with Crippen LogP contribution >= 0.6 is 0 Å². The smallest absolute Gasteiger partial charge is 0.262 e. The summed E-state index contributed by atoms with van der Waals surface area (Å²) in [5.74, 6) is -3.25. The van der Waals surface area contributed by atoms with Gasteiger partial charge in [-0.15, -0.1) is 0 Å². The molecule has 1 amide bonds. The van der Waals surface area contributed by atoms with Crippen molar-refractivity contribution in [3.05, 3.63) is 43.0 Å². The topological polar surface area (TPSA) is 59.0 Å². The predicted octanol–water partition coefficient (Wildman–Crippen LogP) is 1.81. The third-order valence-electron chi connectivity index (χ3n) is 3.36. The molecule has 1 unspecified atom stereocenters. The first-order valence-corrected chi connectivity index (χ1v) is 6.54. The SMILES string of the molecule is O=C(Nc1ccc(-n2ccnc2)cc1)C1CC(F)(F)CN1. The van der Waals surface area contributed by atoms with Crippen molar-refractivity contribution >= 4 is 11.6 Å². The Hall–Kier alpha value is -2.28. The summed E-state index contributed by atoms with van der Waals surface area (Å²) in [6, 6.07) is 6.22. The van der Waals surface area contributed by atoms with E-state index < -0.39 is 30.8 Å². The van der Waals surface area contributed by atoms with Gasteiger partial charge in [0.2, 0.25) is 5.91 Å². The fourth-order valence-electron chi connectivity index (χ4n) is 2.26. The van der Waals surface area contributed by atoms with Crippen molar-refractivity contribution < 1.29 is 13.6 Å². The molecule has 0 aliphatic carbocycles.